The first-order valence-electron chi connectivity index (χ1n) is 12.1. The van der Waals surface area contributed by atoms with E-state index >= 15 is 0 Å². The first-order chi connectivity index (χ1) is 16.4. The maximum absolute atomic E-state index is 13.4. The van der Waals surface area contributed by atoms with Crippen LogP contribution in [-0.2, 0) is 20.9 Å². The molecule has 0 aromatic heterocycles. The molecule has 1 amide bonds. The van der Waals surface area contributed by atoms with E-state index in [0.717, 1.165) is 28.1 Å². The second kappa shape index (κ2) is 9.35. The molecule has 6 nitrogen and oxygen atoms in total. The van der Waals surface area contributed by atoms with Crippen molar-refractivity contribution in [3.05, 3.63) is 77.0 Å². The number of hydrogen-bond acceptors (Lipinski definition) is 5. The lowest BCUT2D eigenvalue weighted by atomic mass is 9.69. The third kappa shape index (κ3) is 4.65. The van der Waals surface area contributed by atoms with Gasteiger partial charge in [-0.2, -0.15) is 0 Å². The third-order valence-corrected chi connectivity index (χ3v) is 6.92. The standard InChI is InChI=1S/C28H32N2O4/c1-28(2)17-24-27(25(31)18-28)23(16-26(32)30(24)29-12-14-33-15-13-29)21-8-10-22(11-9-21)34-19-20-6-4-3-5-7-20/h3-11,23H,12-19H2,1-2H3. The lowest BCUT2D eigenvalue weighted by Gasteiger charge is -2.47. The molecule has 0 bridgehead atoms. The van der Waals surface area contributed by atoms with E-state index in [2.05, 4.69) is 18.9 Å². The highest BCUT2D eigenvalue weighted by molar-refractivity contribution is 6.02. The molecule has 1 saturated heterocycles. The molecule has 5 rings (SSSR count). The summed E-state index contributed by atoms with van der Waals surface area (Å²) in [6, 6.07) is 17.9. The number of amides is 1. The Bertz CT molecular complexity index is 1090. The Labute approximate surface area is 201 Å². The summed E-state index contributed by atoms with van der Waals surface area (Å²) < 4.78 is 11.4. The van der Waals surface area contributed by atoms with Gasteiger partial charge in [0, 0.05) is 43.1 Å². The summed E-state index contributed by atoms with van der Waals surface area (Å²) in [5.74, 6) is 0.772. The van der Waals surface area contributed by atoms with Crippen LogP contribution in [0.2, 0.25) is 0 Å². The fourth-order valence-corrected chi connectivity index (χ4v) is 5.30. The van der Waals surface area contributed by atoms with Gasteiger partial charge in [0.15, 0.2) is 5.78 Å². The summed E-state index contributed by atoms with van der Waals surface area (Å²) in [6.07, 6.45) is 1.52. The highest BCUT2D eigenvalue weighted by Gasteiger charge is 2.45. The lowest BCUT2D eigenvalue weighted by molar-refractivity contribution is -0.154. The second-order valence-corrected chi connectivity index (χ2v) is 10.2. The molecule has 3 aliphatic rings. The number of hydrazine groups is 1. The predicted octanol–water partition coefficient (Wildman–Crippen LogP) is 4.47. The van der Waals surface area contributed by atoms with Crippen molar-refractivity contribution in [2.45, 2.75) is 45.6 Å². The van der Waals surface area contributed by atoms with Crippen molar-refractivity contribution in [2.75, 3.05) is 26.3 Å². The molecule has 1 unspecified atom stereocenters. The number of ether oxygens (including phenoxy) is 2. The molecule has 34 heavy (non-hydrogen) atoms. The molecule has 2 heterocycles. The van der Waals surface area contributed by atoms with Crippen LogP contribution < -0.4 is 4.74 Å². The molecular weight excluding hydrogens is 428 g/mol. The van der Waals surface area contributed by atoms with Gasteiger partial charge in [-0.25, -0.2) is 10.0 Å². The van der Waals surface area contributed by atoms with E-state index in [1.807, 2.05) is 59.6 Å². The molecule has 178 valence electrons. The van der Waals surface area contributed by atoms with E-state index in [0.29, 0.717) is 52.2 Å². The van der Waals surface area contributed by atoms with Crippen LogP contribution in [0.5, 0.6) is 5.75 Å². The van der Waals surface area contributed by atoms with Gasteiger partial charge in [-0.05, 0) is 35.1 Å². The number of allylic oxidation sites excluding steroid dienone is 2. The summed E-state index contributed by atoms with van der Waals surface area (Å²) in [5.41, 5.74) is 3.62. The smallest absolute Gasteiger partial charge is 0.242 e. The van der Waals surface area contributed by atoms with Crippen molar-refractivity contribution in [1.82, 2.24) is 10.0 Å². The number of morpholine rings is 1. The molecule has 1 fully saturated rings. The number of hydrogen-bond donors (Lipinski definition) is 0. The zero-order valence-corrected chi connectivity index (χ0v) is 20.0. The third-order valence-electron chi connectivity index (χ3n) is 6.92. The van der Waals surface area contributed by atoms with E-state index in [9.17, 15) is 9.59 Å². The fourth-order valence-electron chi connectivity index (χ4n) is 5.30. The number of carbonyl (C=O) groups excluding carboxylic acids is 2. The minimum Gasteiger partial charge on any atom is -0.489 e. The number of Topliss-reactive ketones (excluding diaryl/α,β-unsaturated/α-hetero) is 1. The molecular formula is C28H32N2O4. The topological polar surface area (TPSA) is 59.1 Å². The van der Waals surface area contributed by atoms with Crippen LogP contribution in [0.1, 0.15) is 50.2 Å². The fraction of sp³-hybridized carbons (Fsp3) is 0.429. The monoisotopic (exact) mass is 460 g/mol. The quantitative estimate of drug-likeness (QED) is 0.659. The van der Waals surface area contributed by atoms with Crippen LogP contribution in [0.15, 0.2) is 65.9 Å². The maximum Gasteiger partial charge on any atom is 0.242 e. The minimum atomic E-state index is -0.216. The molecule has 0 spiro atoms. The van der Waals surface area contributed by atoms with Crippen LogP contribution >= 0.6 is 0 Å². The minimum absolute atomic E-state index is 0.0561. The van der Waals surface area contributed by atoms with E-state index in [-0.39, 0.29) is 23.0 Å². The van der Waals surface area contributed by atoms with E-state index in [1.165, 1.54) is 0 Å². The number of rotatable bonds is 5. The average molecular weight is 461 g/mol. The van der Waals surface area contributed by atoms with Gasteiger partial charge in [-0.3, -0.25) is 9.59 Å². The van der Waals surface area contributed by atoms with Crippen LogP contribution in [-0.4, -0.2) is 48.0 Å². The number of benzene rings is 2. The van der Waals surface area contributed by atoms with Crippen LogP contribution in [0, 0.1) is 5.41 Å². The van der Waals surface area contributed by atoms with Crippen molar-refractivity contribution in [2.24, 2.45) is 5.41 Å². The zero-order valence-electron chi connectivity index (χ0n) is 20.0. The van der Waals surface area contributed by atoms with Gasteiger partial charge in [-0.15, -0.1) is 0 Å². The largest absolute Gasteiger partial charge is 0.489 e. The zero-order chi connectivity index (χ0) is 23.7. The highest BCUT2D eigenvalue weighted by Crippen LogP contribution is 2.47. The highest BCUT2D eigenvalue weighted by atomic mass is 16.5. The maximum atomic E-state index is 13.4. The Balaban J connectivity index is 1.43. The Hall–Kier alpha value is -2.96. The van der Waals surface area contributed by atoms with Gasteiger partial charge in [0.05, 0.1) is 13.2 Å². The van der Waals surface area contributed by atoms with Gasteiger partial charge < -0.3 is 9.47 Å². The lowest BCUT2D eigenvalue weighted by Crippen LogP contribution is -2.55. The number of ketones is 1. The number of nitrogens with zero attached hydrogens (tertiary/aromatic N) is 2. The molecule has 0 saturated carbocycles. The normalized spacial score (nSPS) is 23.1. The summed E-state index contributed by atoms with van der Waals surface area (Å²) in [5, 5.41) is 3.87. The van der Waals surface area contributed by atoms with Gasteiger partial charge >= 0.3 is 0 Å². The Morgan fingerprint density at radius 2 is 1.68 bits per heavy atom. The van der Waals surface area contributed by atoms with Crippen molar-refractivity contribution in [3.8, 4) is 5.75 Å². The Morgan fingerprint density at radius 3 is 2.38 bits per heavy atom. The summed E-state index contributed by atoms with van der Waals surface area (Å²) in [6.45, 7) is 7.23. The Morgan fingerprint density at radius 1 is 0.971 bits per heavy atom. The summed E-state index contributed by atoms with van der Waals surface area (Å²) in [7, 11) is 0. The van der Waals surface area contributed by atoms with Gasteiger partial charge in [-0.1, -0.05) is 56.3 Å². The van der Waals surface area contributed by atoms with E-state index < -0.39 is 0 Å². The van der Waals surface area contributed by atoms with E-state index in [1.54, 1.807) is 0 Å². The molecule has 6 heteroatoms. The molecule has 2 aromatic carbocycles. The molecule has 0 N–H and O–H groups in total. The Kier molecular flexibility index (Phi) is 6.28. The number of carbonyl (C=O) groups is 2. The summed E-state index contributed by atoms with van der Waals surface area (Å²) >= 11 is 0. The second-order valence-electron chi connectivity index (χ2n) is 10.2. The van der Waals surface area contributed by atoms with Gasteiger partial charge in [0.1, 0.15) is 12.4 Å². The molecule has 1 atom stereocenters. The van der Waals surface area contributed by atoms with Crippen molar-refractivity contribution in [1.29, 1.82) is 0 Å². The van der Waals surface area contributed by atoms with Crippen molar-refractivity contribution >= 4 is 11.7 Å². The average Bonchev–Trinajstić information content (AvgIpc) is 2.83. The first kappa shape index (κ1) is 22.8. The van der Waals surface area contributed by atoms with E-state index in [4.69, 9.17) is 9.47 Å². The van der Waals surface area contributed by atoms with Crippen LogP contribution in [0.3, 0.4) is 0 Å². The first-order valence-corrected chi connectivity index (χ1v) is 12.1. The van der Waals surface area contributed by atoms with Gasteiger partial charge in [0.2, 0.25) is 5.91 Å². The molecule has 2 aliphatic heterocycles. The van der Waals surface area contributed by atoms with Crippen molar-refractivity contribution in [3.63, 3.8) is 0 Å². The summed E-state index contributed by atoms with van der Waals surface area (Å²) in [4.78, 5) is 26.9. The SMILES string of the molecule is CC1(C)CC(=O)C2=C(C1)N(N1CCOCC1)C(=O)CC2c1ccc(OCc2ccccc2)cc1. The molecule has 2 aromatic rings. The van der Waals surface area contributed by atoms with Crippen LogP contribution in [0.25, 0.3) is 0 Å². The van der Waals surface area contributed by atoms with Crippen LogP contribution in [0.4, 0.5) is 0 Å². The van der Waals surface area contributed by atoms with Crippen molar-refractivity contribution < 1.29 is 19.1 Å². The predicted molar refractivity (Wildman–Crippen MR) is 129 cm³/mol. The van der Waals surface area contributed by atoms with Gasteiger partial charge in [0.25, 0.3) is 0 Å². The molecule has 0 radical (unpaired) electrons. The molecule has 1 aliphatic carbocycles.